The van der Waals surface area contributed by atoms with E-state index in [0.29, 0.717) is 28.0 Å². The molecular weight excluding hydrogens is 404 g/mol. The lowest BCUT2D eigenvalue weighted by atomic mass is 10.3. The van der Waals surface area contributed by atoms with Crippen molar-refractivity contribution in [3.05, 3.63) is 77.4 Å². The van der Waals surface area contributed by atoms with Crippen molar-refractivity contribution in [2.75, 3.05) is 17.2 Å². The summed E-state index contributed by atoms with van der Waals surface area (Å²) in [6.07, 6.45) is 1.78. The summed E-state index contributed by atoms with van der Waals surface area (Å²) in [7, 11) is 0. The minimum atomic E-state index is -0.452. The monoisotopic (exact) mass is 424 g/mol. The maximum absolute atomic E-state index is 12.2. The zero-order chi connectivity index (χ0) is 21.3. The Morgan fingerprint density at radius 3 is 2.43 bits per heavy atom. The van der Waals surface area contributed by atoms with Crippen LogP contribution in [0.5, 0.6) is 11.5 Å². The molecule has 0 unspecified atom stereocenters. The number of nitrogens with zero attached hydrogens (tertiary/aromatic N) is 1. The Labute approximate surface area is 179 Å². The lowest BCUT2D eigenvalue weighted by Crippen LogP contribution is -2.31. The lowest BCUT2D eigenvalue weighted by Gasteiger charge is -2.13. The van der Waals surface area contributed by atoms with E-state index in [1.54, 1.807) is 60.8 Å². The smallest absolute Gasteiger partial charge is 0.319 e. The van der Waals surface area contributed by atoms with Crippen molar-refractivity contribution in [3.8, 4) is 11.5 Å². The van der Waals surface area contributed by atoms with E-state index in [1.165, 1.54) is 0 Å². The lowest BCUT2D eigenvalue weighted by molar-refractivity contribution is -0.116. The first-order valence-corrected chi connectivity index (χ1v) is 9.68. The predicted octanol–water partition coefficient (Wildman–Crippen LogP) is 4.99. The number of halogens is 1. The van der Waals surface area contributed by atoms with Crippen LogP contribution in [-0.2, 0) is 4.79 Å². The molecule has 3 N–H and O–H groups in total. The van der Waals surface area contributed by atoms with Gasteiger partial charge in [0.2, 0.25) is 5.91 Å². The van der Waals surface area contributed by atoms with Gasteiger partial charge in [0, 0.05) is 19.2 Å². The molecule has 0 radical (unpaired) electrons. The number of aromatic nitrogens is 1. The highest BCUT2D eigenvalue weighted by atomic mass is 35.5. The van der Waals surface area contributed by atoms with E-state index >= 15 is 0 Å². The van der Waals surface area contributed by atoms with Gasteiger partial charge in [0.15, 0.2) is 5.75 Å². The third kappa shape index (κ3) is 6.22. The number of amides is 3. The van der Waals surface area contributed by atoms with E-state index in [-0.39, 0.29) is 18.9 Å². The highest BCUT2D eigenvalue weighted by Gasteiger charge is 2.10. The molecule has 3 aromatic rings. The van der Waals surface area contributed by atoms with Crippen molar-refractivity contribution >= 4 is 35.0 Å². The normalized spacial score (nSPS) is 10.2. The number of rotatable bonds is 7. The second-order valence-electron chi connectivity index (χ2n) is 6.43. The van der Waals surface area contributed by atoms with E-state index in [2.05, 4.69) is 20.9 Å². The van der Waals surface area contributed by atoms with Gasteiger partial charge in [-0.15, -0.1) is 0 Å². The Morgan fingerprint density at radius 1 is 0.967 bits per heavy atom. The number of hydrogen-bond donors (Lipinski definition) is 3. The van der Waals surface area contributed by atoms with Crippen LogP contribution in [0.25, 0.3) is 0 Å². The van der Waals surface area contributed by atoms with Gasteiger partial charge in [-0.25, -0.2) is 9.78 Å². The summed E-state index contributed by atoms with van der Waals surface area (Å²) in [6, 6.07) is 17.2. The van der Waals surface area contributed by atoms with Crippen LogP contribution in [0.4, 0.5) is 16.3 Å². The minimum Gasteiger partial charge on any atom is -0.454 e. The number of anilines is 2. The number of benzene rings is 2. The van der Waals surface area contributed by atoms with E-state index in [0.717, 1.165) is 5.56 Å². The first-order chi connectivity index (χ1) is 14.5. The zero-order valence-corrected chi connectivity index (χ0v) is 17.1. The zero-order valence-electron chi connectivity index (χ0n) is 16.3. The fraction of sp³-hybridized carbons (Fsp3) is 0.136. The molecule has 0 atom stereocenters. The summed E-state index contributed by atoms with van der Waals surface area (Å²) in [6.45, 7) is 2.08. The number of nitrogens with one attached hydrogen (secondary N) is 3. The molecule has 3 amide bonds. The summed E-state index contributed by atoms with van der Waals surface area (Å²) >= 11 is 6.13. The molecule has 0 aliphatic heterocycles. The number of aryl methyl sites for hydroxylation is 1. The van der Waals surface area contributed by atoms with Gasteiger partial charge in [-0.3, -0.25) is 4.79 Å². The second-order valence-corrected chi connectivity index (χ2v) is 6.84. The fourth-order valence-corrected chi connectivity index (χ4v) is 2.68. The molecule has 2 aromatic carbocycles. The van der Waals surface area contributed by atoms with Crippen LogP contribution in [0.3, 0.4) is 0 Å². The Kier molecular flexibility index (Phi) is 7.24. The van der Waals surface area contributed by atoms with Gasteiger partial charge in [0.1, 0.15) is 11.6 Å². The molecule has 7 nitrogen and oxygen atoms in total. The van der Waals surface area contributed by atoms with Crippen LogP contribution >= 0.6 is 11.6 Å². The van der Waals surface area contributed by atoms with Gasteiger partial charge < -0.3 is 20.7 Å². The standard InChI is InChI=1S/C22H21ClN4O3/c1-15-10-11-20(25-14-15)27-21(28)12-13-24-22(29)26-17-7-3-5-9-19(17)30-18-8-4-2-6-16(18)23/h2-11,14H,12-13H2,1H3,(H2,24,26,29)(H,25,27,28). The molecule has 3 rings (SSSR count). The van der Waals surface area contributed by atoms with Crippen molar-refractivity contribution in [2.45, 2.75) is 13.3 Å². The number of carbonyl (C=O) groups excluding carboxylic acids is 2. The number of urea groups is 1. The van der Waals surface area contributed by atoms with Crippen molar-refractivity contribution < 1.29 is 14.3 Å². The first-order valence-electron chi connectivity index (χ1n) is 9.30. The van der Waals surface area contributed by atoms with Crippen LogP contribution in [0.15, 0.2) is 66.9 Å². The van der Waals surface area contributed by atoms with Gasteiger partial charge in [0.05, 0.1) is 10.7 Å². The number of hydrogen-bond acceptors (Lipinski definition) is 4. The minimum absolute atomic E-state index is 0.112. The number of para-hydroxylation sites is 3. The highest BCUT2D eigenvalue weighted by Crippen LogP contribution is 2.33. The van der Waals surface area contributed by atoms with Crippen molar-refractivity contribution in [1.29, 1.82) is 0 Å². The molecule has 8 heteroatoms. The fourth-order valence-electron chi connectivity index (χ4n) is 2.51. The molecule has 1 heterocycles. The Bertz CT molecular complexity index is 1020. The molecule has 0 spiro atoms. The topological polar surface area (TPSA) is 92.4 Å². The van der Waals surface area contributed by atoms with E-state index in [1.807, 2.05) is 13.0 Å². The molecule has 0 bridgehead atoms. The summed E-state index contributed by atoms with van der Waals surface area (Å²) < 4.78 is 5.81. The third-order valence-electron chi connectivity index (χ3n) is 4.01. The summed E-state index contributed by atoms with van der Waals surface area (Å²) in [5.41, 5.74) is 1.48. The molecule has 0 saturated heterocycles. The maximum atomic E-state index is 12.2. The number of pyridine rings is 1. The van der Waals surface area contributed by atoms with Crippen molar-refractivity contribution in [1.82, 2.24) is 10.3 Å². The van der Waals surface area contributed by atoms with Crippen LogP contribution in [0.1, 0.15) is 12.0 Å². The van der Waals surface area contributed by atoms with Crippen molar-refractivity contribution in [2.24, 2.45) is 0 Å². The average Bonchev–Trinajstić information content (AvgIpc) is 2.73. The van der Waals surface area contributed by atoms with Gasteiger partial charge in [-0.2, -0.15) is 0 Å². The van der Waals surface area contributed by atoms with Gasteiger partial charge in [-0.05, 0) is 42.8 Å². The van der Waals surface area contributed by atoms with Crippen LogP contribution in [0.2, 0.25) is 5.02 Å². The van der Waals surface area contributed by atoms with Gasteiger partial charge in [0.25, 0.3) is 0 Å². The molecule has 154 valence electrons. The summed E-state index contributed by atoms with van der Waals surface area (Å²) in [4.78, 5) is 28.3. The van der Waals surface area contributed by atoms with Crippen molar-refractivity contribution in [3.63, 3.8) is 0 Å². The molecule has 1 aromatic heterocycles. The molecule has 30 heavy (non-hydrogen) atoms. The summed E-state index contributed by atoms with van der Waals surface area (Å²) in [5.74, 6) is 1.16. The van der Waals surface area contributed by atoms with Crippen LogP contribution in [-0.4, -0.2) is 23.5 Å². The molecule has 0 aliphatic rings. The Balaban J connectivity index is 1.50. The largest absolute Gasteiger partial charge is 0.454 e. The Hall–Kier alpha value is -3.58. The molecular formula is C22H21ClN4O3. The van der Waals surface area contributed by atoms with Crippen LogP contribution < -0.4 is 20.7 Å². The second kappa shape index (κ2) is 10.3. The Morgan fingerprint density at radius 2 is 1.70 bits per heavy atom. The van der Waals surface area contributed by atoms with Gasteiger partial charge >= 0.3 is 6.03 Å². The summed E-state index contributed by atoms with van der Waals surface area (Å²) in [5, 5.41) is 8.51. The van der Waals surface area contributed by atoms with Crippen LogP contribution in [0, 0.1) is 6.92 Å². The van der Waals surface area contributed by atoms with E-state index < -0.39 is 6.03 Å². The van der Waals surface area contributed by atoms with E-state index in [9.17, 15) is 9.59 Å². The molecule has 0 saturated carbocycles. The molecule has 0 fully saturated rings. The maximum Gasteiger partial charge on any atom is 0.319 e. The third-order valence-corrected chi connectivity index (χ3v) is 4.32. The SMILES string of the molecule is Cc1ccc(NC(=O)CCNC(=O)Nc2ccccc2Oc2ccccc2Cl)nc1. The average molecular weight is 425 g/mol. The highest BCUT2D eigenvalue weighted by molar-refractivity contribution is 6.32. The first kappa shape index (κ1) is 21.1. The van der Waals surface area contributed by atoms with E-state index in [4.69, 9.17) is 16.3 Å². The number of ether oxygens (including phenoxy) is 1. The van der Waals surface area contributed by atoms with Gasteiger partial charge in [-0.1, -0.05) is 41.9 Å². The quantitative estimate of drug-likeness (QED) is 0.498. The number of carbonyl (C=O) groups is 2. The molecule has 0 aliphatic carbocycles. The predicted molar refractivity (Wildman–Crippen MR) is 117 cm³/mol.